The fraction of sp³-hybridized carbons (Fsp3) is 0.243. The Morgan fingerprint density at radius 2 is 0.881 bits per heavy atom. The highest BCUT2D eigenvalue weighted by Gasteiger charge is 2.22. The molecule has 84 heavy (non-hydrogen) atoms. The lowest BCUT2D eigenvalue weighted by Gasteiger charge is -2.19. The number of carbonyl (C=O) groups excluding carboxylic acids is 3. The number of hydrogen-bond donors (Lipinski definition) is 9. The van der Waals surface area contributed by atoms with E-state index in [1.165, 1.54) is 0 Å². The molecule has 3 amide bonds. The third-order valence-corrected chi connectivity index (χ3v) is 15.1. The summed E-state index contributed by atoms with van der Waals surface area (Å²) in [6, 6.07) is 53.1. The maximum Gasteiger partial charge on any atom is 0.251 e. The Kier molecular flexibility index (Phi) is 20.1. The van der Waals surface area contributed by atoms with Gasteiger partial charge in [-0.15, -0.1) is 0 Å². The van der Waals surface area contributed by atoms with Gasteiger partial charge in [0.15, 0.2) is 0 Å². The Morgan fingerprint density at radius 3 is 1.36 bits per heavy atom. The third-order valence-electron chi connectivity index (χ3n) is 15.1. The van der Waals surface area contributed by atoms with Crippen molar-refractivity contribution in [3.63, 3.8) is 0 Å². The van der Waals surface area contributed by atoms with E-state index in [2.05, 4.69) is 134 Å². The monoisotopic (exact) mass is 1120 g/mol. The first-order chi connectivity index (χ1) is 41.3. The van der Waals surface area contributed by atoms with E-state index in [-0.39, 0.29) is 29.9 Å². The lowest BCUT2D eigenvalue weighted by Crippen LogP contribution is -2.48. The molecule has 8 bridgehead atoms. The maximum absolute atomic E-state index is 13.7. The molecule has 0 aliphatic carbocycles. The van der Waals surface area contributed by atoms with E-state index in [0.29, 0.717) is 50.9 Å². The van der Waals surface area contributed by atoms with Crippen LogP contribution in [0.3, 0.4) is 0 Å². The van der Waals surface area contributed by atoms with Crippen molar-refractivity contribution in [1.29, 1.82) is 0 Å². The summed E-state index contributed by atoms with van der Waals surface area (Å²) in [7, 11) is 0. The maximum atomic E-state index is 13.7. The number of nitrogens with zero attached hydrogens (tertiary/aromatic N) is 2. The van der Waals surface area contributed by atoms with E-state index in [0.717, 1.165) is 147 Å². The summed E-state index contributed by atoms with van der Waals surface area (Å²) in [5.74, 6) is -0.514. The first kappa shape index (κ1) is 58.0. The molecule has 5 aromatic carbocycles. The molecule has 0 spiro atoms. The van der Waals surface area contributed by atoms with Crippen LogP contribution in [0, 0.1) is 0 Å². The van der Waals surface area contributed by atoms with Crippen LogP contribution in [-0.4, -0.2) is 94.6 Å². The summed E-state index contributed by atoms with van der Waals surface area (Å²) in [4.78, 5) is 58.8. The minimum atomic E-state index is -0.764. The van der Waals surface area contributed by atoms with Gasteiger partial charge in [-0.1, -0.05) is 122 Å². The predicted octanol–water partition coefficient (Wildman–Crippen LogP) is 11.9. The van der Waals surface area contributed by atoms with Gasteiger partial charge in [-0.25, -0.2) is 9.97 Å². The molecule has 10 N–H and O–H groups in total. The average Bonchev–Trinajstić information content (AvgIpc) is 4.58. The lowest BCUT2D eigenvalue weighted by molar-refractivity contribution is -0.129. The number of H-pyrrole nitrogens is 2. The summed E-state index contributed by atoms with van der Waals surface area (Å²) in [5, 5.41) is 25.7. The second-order valence-electron chi connectivity index (χ2n) is 21.2. The number of phenolic OH excluding ortho intramolecular Hbond substituents is 1. The van der Waals surface area contributed by atoms with Crippen LogP contribution in [0.5, 0.6) is 5.75 Å². The van der Waals surface area contributed by atoms with Gasteiger partial charge in [-0.05, 0) is 172 Å². The van der Waals surface area contributed by atoms with Crippen LogP contribution in [0.1, 0.15) is 90.1 Å². The Balaban J connectivity index is 0.824. The minimum absolute atomic E-state index is 0.134. The number of amides is 3. The molecule has 0 radical (unpaired) electrons. The summed E-state index contributed by atoms with van der Waals surface area (Å²) >= 11 is 0. The normalized spacial score (nSPS) is 12.1. The van der Waals surface area contributed by atoms with Gasteiger partial charge in [0.25, 0.3) is 5.91 Å². The van der Waals surface area contributed by atoms with E-state index >= 15 is 0 Å². The Morgan fingerprint density at radius 1 is 0.452 bits per heavy atom. The standard InChI is InChI=1S/C70H74N10O4/c71-40-15-43-72-41-13-14-42-73-44-16-46-75-70(84)63(47-48-24-30-54(81)31-25-48)80-64(82)23-11-4-12-45-74-69(83)53-28-26-52(27-29-53)68-61-38-36-59(78-61)66(50-19-7-2-8-20-50)57-34-32-55(76-57)65(49-17-5-1-6-18-49)56-33-35-58(77-56)67(51-21-9-3-10-22-51)60-37-39-62(68)79-60/h1-3,5-10,17-22,24-39,63,72-73,76,79,81H,4,11-16,23,40-47,71H2,(H,74,83)(H,75,84)(H,80,82)/t63-/m0/s1. The van der Waals surface area contributed by atoms with Crippen molar-refractivity contribution in [2.24, 2.45) is 5.73 Å². The average molecular weight is 1120 g/mol. The van der Waals surface area contributed by atoms with Crippen LogP contribution in [0.2, 0.25) is 0 Å². The number of unbranched alkanes of at least 4 members (excludes halogenated alkanes) is 3. The van der Waals surface area contributed by atoms with Gasteiger partial charge in [0.1, 0.15) is 11.8 Å². The van der Waals surface area contributed by atoms with Gasteiger partial charge < -0.3 is 47.4 Å². The zero-order valence-electron chi connectivity index (χ0n) is 47.4. The topological polar surface area (TPSA) is 215 Å². The molecule has 0 saturated heterocycles. The van der Waals surface area contributed by atoms with E-state index in [9.17, 15) is 19.5 Å². The molecule has 10 rings (SSSR count). The number of phenols is 1. The molecule has 14 nitrogen and oxygen atoms in total. The second kappa shape index (κ2) is 29.2. The number of nitrogens with two attached hydrogens (primary N) is 1. The summed E-state index contributed by atoms with van der Waals surface area (Å²) in [6.07, 6.45) is 14.8. The zero-order chi connectivity index (χ0) is 57.9. The molecule has 1 atom stereocenters. The van der Waals surface area contributed by atoms with Crippen LogP contribution >= 0.6 is 0 Å². The highest BCUT2D eigenvalue weighted by atomic mass is 16.3. The van der Waals surface area contributed by atoms with E-state index in [1.54, 1.807) is 24.3 Å². The number of rotatable bonds is 27. The molecule has 0 fully saturated rings. The van der Waals surface area contributed by atoms with Gasteiger partial charge in [-0.3, -0.25) is 14.4 Å². The van der Waals surface area contributed by atoms with Crippen molar-refractivity contribution in [1.82, 2.24) is 46.5 Å². The van der Waals surface area contributed by atoms with Crippen molar-refractivity contribution in [2.75, 3.05) is 45.8 Å². The van der Waals surface area contributed by atoms with Crippen molar-refractivity contribution in [2.45, 2.75) is 63.8 Å². The van der Waals surface area contributed by atoms with Crippen LogP contribution in [-0.2, 0) is 16.0 Å². The Hall–Kier alpha value is -9.21. The molecule has 0 saturated carbocycles. The van der Waals surface area contributed by atoms with E-state index in [1.807, 2.05) is 66.7 Å². The first-order valence-corrected chi connectivity index (χ1v) is 29.5. The number of aromatic nitrogens is 4. The Labute approximate surface area is 491 Å². The highest BCUT2D eigenvalue weighted by molar-refractivity contribution is 6.01. The quantitative estimate of drug-likeness (QED) is 0.0224. The summed E-state index contributed by atoms with van der Waals surface area (Å²) < 4.78 is 0. The van der Waals surface area contributed by atoms with E-state index < -0.39 is 6.04 Å². The smallest absolute Gasteiger partial charge is 0.251 e. The molecule has 2 aliphatic rings. The van der Waals surface area contributed by atoms with Crippen molar-refractivity contribution < 1.29 is 19.5 Å². The Bertz CT molecular complexity index is 3710. The fourth-order valence-electron chi connectivity index (χ4n) is 10.8. The molecule has 0 unspecified atom stereocenters. The van der Waals surface area contributed by atoms with Crippen LogP contribution in [0.4, 0.5) is 0 Å². The number of nitrogens with one attached hydrogen (secondary N) is 7. The first-order valence-electron chi connectivity index (χ1n) is 29.5. The lowest BCUT2D eigenvalue weighted by atomic mass is 10.0. The number of benzene rings is 5. The molecular weight excluding hydrogens is 1040 g/mol. The molecular formula is C70H74N10O4. The molecule has 428 valence electrons. The number of carbonyl (C=O) groups is 3. The van der Waals surface area contributed by atoms with Gasteiger partial charge in [0, 0.05) is 75.8 Å². The highest BCUT2D eigenvalue weighted by Crippen LogP contribution is 2.38. The van der Waals surface area contributed by atoms with Gasteiger partial charge >= 0.3 is 0 Å². The zero-order valence-corrected chi connectivity index (χ0v) is 47.4. The number of aromatic hydroxyl groups is 1. The number of aromatic amines is 2. The van der Waals surface area contributed by atoms with Crippen molar-refractivity contribution in [3.8, 4) is 50.3 Å². The van der Waals surface area contributed by atoms with Crippen LogP contribution < -0.4 is 32.3 Å². The fourth-order valence-corrected chi connectivity index (χ4v) is 10.8. The number of hydrogen-bond acceptors (Lipinski definition) is 9. The molecule has 5 heterocycles. The largest absolute Gasteiger partial charge is 0.508 e. The summed E-state index contributed by atoms with van der Waals surface area (Å²) in [5.41, 5.74) is 21.5. The third kappa shape index (κ3) is 15.1. The molecule has 2 aliphatic heterocycles. The van der Waals surface area contributed by atoms with Crippen LogP contribution in [0.25, 0.3) is 90.9 Å². The predicted molar refractivity (Wildman–Crippen MR) is 341 cm³/mol. The summed E-state index contributed by atoms with van der Waals surface area (Å²) in [6.45, 7) is 5.24. The van der Waals surface area contributed by atoms with Gasteiger partial charge in [-0.2, -0.15) is 0 Å². The van der Waals surface area contributed by atoms with Gasteiger partial charge in [0.2, 0.25) is 11.8 Å². The molecule has 14 heteroatoms. The van der Waals surface area contributed by atoms with Crippen molar-refractivity contribution in [3.05, 3.63) is 198 Å². The van der Waals surface area contributed by atoms with Gasteiger partial charge in [0.05, 0.1) is 22.8 Å². The molecule has 8 aromatic rings. The van der Waals surface area contributed by atoms with Crippen molar-refractivity contribution >= 4 is 64.1 Å². The molecule has 3 aromatic heterocycles. The van der Waals surface area contributed by atoms with E-state index in [4.69, 9.17) is 15.7 Å². The minimum Gasteiger partial charge on any atom is -0.508 e. The van der Waals surface area contributed by atoms with Crippen LogP contribution in [0.15, 0.2) is 164 Å². The number of fused-ring (bicyclic) bond motifs is 8. The second-order valence-corrected chi connectivity index (χ2v) is 21.2. The SMILES string of the molecule is NCCCNCCCCNCCCNC(=O)[C@H](Cc1ccc(O)cc1)NC(=O)CCCCCNC(=O)c1ccc(-c2c3nc(c(-c4ccccc4)c4ccc([nH]4)c(-c4ccccc4)c4nc(c(-c5ccccc5)c5ccc2[nH]5)C=C4)C=C3)cc1.